The van der Waals surface area contributed by atoms with E-state index in [9.17, 15) is 4.79 Å². The predicted octanol–water partition coefficient (Wildman–Crippen LogP) is 2.09. The number of benzene rings is 1. The zero-order valence-electron chi connectivity index (χ0n) is 11.0. The maximum absolute atomic E-state index is 11.9. The molecule has 102 valence electrons. The van der Waals surface area contributed by atoms with Crippen LogP contribution in [0, 0.1) is 11.3 Å². The number of nitrogen functional groups attached to an aromatic ring is 1. The van der Waals surface area contributed by atoms with Gasteiger partial charge in [-0.2, -0.15) is 5.26 Å². The van der Waals surface area contributed by atoms with Crippen molar-refractivity contribution in [3.63, 3.8) is 0 Å². The highest BCUT2D eigenvalue weighted by molar-refractivity contribution is 6.31. The first-order valence-corrected chi connectivity index (χ1v) is 6.24. The lowest BCUT2D eigenvalue weighted by Gasteiger charge is -2.22. The van der Waals surface area contributed by atoms with Gasteiger partial charge in [0.25, 0.3) is 0 Å². The Morgan fingerprint density at radius 3 is 2.95 bits per heavy atom. The van der Waals surface area contributed by atoms with Crippen LogP contribution in [0.1, 0.15) is 13.3 Å². The molecule has 0 saturated carbocycles. The summed E-state index contributed by atoms with van der Waals surface area (Å²) in [6, 6.07) is 7.00. The van der Waals surface area contributed by atoms with Gasteiger partial charge in [0.05, 0.1) is 30.4 Å². The number of amides is 1. The Morgan fingerprint density at radius 2 is 2.32 bits per heavy atom. The monoisotopic (exact) mass is 280 g/mol. The van der Waals surface area contributed by atoms with Gasteiger partial charge < -0.3 is 11.1 Å². The van der Waals surface area contributed by atoms with Gasteiger partial charge in [0.15, 0.2) is 0 Å². The summed E-state index contributed by atoms with van der Waals surface area (Å²) in [5.41, 5.74) is 6.71. The molecule has 1 unspecified atom stereocenters. The second-order valence-electron chi connectivity index (χ2n) is 4.41. The lowest BCUT2D eigenvalue weighted by Crippen LogP contribution is -2.36. The van der Waals surface area contributed by atoms with E-state index in [2.05, 4.69) is 11.4 Å². The van der Waals surface area contributed by atoms with E-state index in [1.54, 1.807) is 30.1 Å². The molecule has 0 saturated heterocycles. The molecule has 5 nitrogen and oxygen atoms in total. The minimum atomic E-state index is -0.193. The molecule has 6 heteroatoms. The van der Waals surface area contributed by atoms with Crippen LogP contribution in [0.3, 0.4) is 0 Å². The molecule has 0 bridgehead atoms. The van der Waals surface area contributed by atoms with Crippen molar-refractivity contribution in [2.45, 2.75) is 19.4 Å². The molecule has 19 heavy (non-hydrogen) atoms. The first kappa shape index (κ1) is 15.3. The summed E-state index contributed by atoms with van der Waals surface area (Å²) in [7, 11) is 1.79. The molecule has 1 aromatic rings. The van der Waals surface area contributed by atoms with Crippen LogP contribution in [0.2, 0.25) is 5.02 Å². The third kappa shape index (κ3) is 4.78. The van der Waals surface area contributed by atoms with Gasteiger partial charge in [-0.1, -0.05) is 11.6 Å². The summed E-state index contributed by atoms with van der Waals surface area (Å²) < 4.78 is 0. The summed E-state index contributed by atoms with van der Waals surface area (Å²) in [6.45, 7) is 2.08. The Labute approximate surface area is 117 Å². The summed E-state index contributed by atoms with van der Waals surface area (Å²) in [6.07, 6.45) is 0.378. The lowest BCUT2D eigenvalue weighted by molar-refractivity contribution is -0.117. The maximum atomic E-state index is 11.9. The van der Waals surface area contributed by atoms with E-state index in [4.69, 9.17) is 22.6 Å². The van der Waals surface area contributed by atoms with Crippen molar-refractivity contribution in [1.82, 2.24) is 4.90 Å². The zero-order chi connectivity index (χ0) is 14.4. The van der Waals surface area contributed by atoms with Gasteiger partial charge in [0.1, 0.15) is 0 Å². The van der Waals surface area contributed by atoms with Crippen molar-refractivity contribution in [2.24, 2.45) is 0 Å². The normalized spacial score (nSPS) is 11.9. The minimum Gasteiger partial charge on any atom is -0.397 e. The number of rotatable bonds is 5. The van der Waals surface area contributed by atoms with Gasteiger partial charge in [-0.25, -0.2) is 0 Å². The van der Waals surface area contributed by atoms with Crippen LogP contribution >= 0.6 is 11.6 Å². The SMILES string of the molecule is CC(CC#N)N(C)CC(=O)Nc1cc(Cl)ccc1N. The zero-order valence-corrected chi connectivity index (χ0v) is 11.7. The van der Waals surface area contributed by atoms with Crippen LogP contribution in [-0.2, 0) is 4.79 Å². The summed E-state index contributed by atoms with van der Waals surface area (Å²) in [4.78, 5) is 13.7. The quantitative estimate of drug-likeness (QED) is 0.809. The van der Waals surface area contributed by atoms with Crippen LogP contribution in [0.4, 0.5) is 11.4 Å². The van der Waals surface area contributed by atoms with E-state index < -0.39 is 0 Å². The molecular formula is C13H17ClN4O. The van der Waals surface area contributed by atoms with Gasteiger partial charge >= 0.3 is 0 Å². The van der Waals surface area contributed by atoms with Crippen molar-refractivity contribution < 1.29 is 4.79 Å². The lowest BCUT2D eigenvalue weighted by atomic mass is 10.2. The van der Waals surface area contributed by atoms with Gasteiger partial charge in [-0.15, -0.1) is 0 Å². The van der Waals surface area contributed by atoms with E-state index >= 15 is 0 Å². The molecule has 3 N–H and O–H groups in total. The number of hydrogen-bond donors (Lipinski definition) is 2. The van der Waals surface area contributed by atoms with Crippen LogP contribution < -0.4 is 11.1 Å². The van der Waals surface area contributed by atoms with E-state index in [0.29, 0.717) is 22.8 Å². The second kappa shape index (κ2) is 6.98. The standard InChI is InChI=1S/C13H17ClN4O/c1-9(5-6-15)18(2)8-13(19)17-12-7-10(14)3-4-11(12)16/h3-4,7,9H,5,8,16H2,1-2H3,(H,17,19). The van der Waals surface area contributed by atoms with E-state index in [0.717, 1.165) is 0 Å². The number of nitrogens with zero attached hydrogens (tertiary/aromatic N) is 2. The Balaban J connectivity index is 2.60. The number of nitrogens with two attached hydrogens (primary N) is 1. The highest BCUT2D eigenvalue weighted by atomic mass is 35.5. The minimum absolute atomic E-state index is 0.0208. The number of nitrogens with one attached hydrogen (secondary N) is 1. The number of carbonyl (C=O) groups is 1. The summed E-state index contributed by atoms with van der Waals surface area (Å²) in [5.74, 6) is -0.193. The van der Waals surface area contributed by atoms with Crippen LogP contribution in [-0.4, -0.2) is 30.4 Å². The fourth-order valence-electron chi connectivity index (χ4n) is 1.50. The average molecular weight is 281 g/mol. The van der Waals surface area contributed by atoms with Gasteiger partial charge in [0, 0.05) is 11.1 Å². The molecule has 0 fully saturated rings. The molecule has 1 rings (SSSR count). The summed E-state index contributed by atoms with van der Waals surface area (Å²) in [5, 5.41) is 11.8. The van der Waals surface area contributed by atoms with Crippen molar-refractivity contribution in [3.05, 3.63) is 23.2 Å². The number of carbonyl (C=O) groups excluding carboxylic acids is 1. The molecule has 1 amide bonds. The maximum Gasteiger partial charge on any atom is 0.238 e. The van der Waals surface area contributed by atoms with Crippen molar-refractivity contribution in [2.75, 3.05) is 24.6 Å². The molecule has 0 spiro atoms. The summed E-state index contributed by atoms with van der Waals surface area (Å²) >= 11 is 5.84. The molecule has 0 aliphatic carbocycles. The van der Waals surface area contributed by atoms with E-state index in [1.807, 2.05) is 6.92 Å². The second-order valence-corrected chi connectivity index (χ2v) is 4.84. The molecule has 0 radical (unpaired) electrons. The number of hydrogen-bond acceptors (Lipinski definition) is 4. The molecule has 0 aromatic heterocycles. The third-order valence-electron chi connectivity index (χ3n) is 2.82. The average Bonchev–Trinajstić information content (AvgIpc) is 2.34. The Bertz CT molecular complexity index is 498. The fraction of sp³-hybridized carbons (Fsp3) is 0.385. The number of nitriles is 1. The number of anilines is 2. The van der Waals surface area contributed by atoms with Gasteiger partial charge in [-0.3, -0.25) is 9.69 Å². The van der Waals surface area contributed by atoms with Gasteiger partial charge in [0.2, 0.25) is 5.91 Å². The van der Waals surface area contributed by atoms with Crippen molar-refractivity contribution >= 4 is 28.9 Å². The first-order chi connectivity index (χ1) is 8.93. The Hall–Kier alpha value is -1.77. The molecular weight excluding hydrogens is 264 g/mol. The van der Waals surface area contributed by atoms with Crippen molar-refractivity contribution in [1.29, 1.82) is 5.26 Å². The Kier molecular flexibility index (Phi) is 5.61. The largest absolute Gasteiger partial charge is 0.397 e. The molecule has 1 atom stereocenters. The number of likely N-dealkylation sites (N-methyl/N-ethyl adjacent to an activating group) is 1. The van der Waals surface area contributed by atoms with E-state index in [-0.39, 0.29) is 18.5 Å². The van der Waals surface area contributed by atoms with E-state index in [1.165, 1.54) is 0 Å². The number of halogens is 1. The fourth-order valence-corrected chi connectivity index (χ4v) is 1.67. The highest BCUT2D eigenvalue weighted by Crippen LogP contribution is 2.22. The molecule has 0 aliphatic heterocycles. The Morgan fingerprint density at radius 1 is 1.63 bits per heavy atom. The highest BCUT2D eigenvalue weighted by Gasteiger charge is 2.13. The van der Waals surface area contributed by atoms with Crippen molar-refractivity contribution in [3.8, 4) is 6.07 Å². The van der Waals surface area contributed by atoms with Gasteiger partial charge in [-0.05, 0) is 32.2 Å². The van der Waals surface area contributed by atoms with Crippen LogP contribution in [0.5, 0.6) is 0 Å². The molecule has 0 heterocycles. The smallest absolute Gasteiger partial charge is 0.238 e. The topological polar surface area (TPSA) is 82.2 Å². The molecule has 1 aromatic carbocycles. The molecule has 0 aliphatic rings. The van der Waals surface area contributed by atoms with Crippen LogP contribution in [0.25, 0.3) is 0 Å². The predicted molar refractivity (Wildman–Crippen MR) is 76.8 cm³/mol. The van der Waals surface area contributed by atoms with Crippen LogP contribution in [0.15, 0.2) is 18.2 Å². The first-order valence-electron chi connectivity index (χ1n) is 5.86. The third-order valence-corrected chi connectivity index (χ3v) is 3.06.